The maximum absolute atomic E-state index is 15.4. The first kappa shape index (κ1) is 27.8. The number of hydrogen-bond donors (Lipinski definition) is 3. The van der Waals surface area contributed by atoms with E-state index in [-0.39, 0.29) is 5.75 Å². The van der Waals surface area contributed by atoms with Crippen LogP contribution in [0.3, 0.4) is 0 Å². The average Bonchev–Trinajstić information content (AvgIpc) is 3.01. The standard InChI is InChI=1S/C22H29FN3O9P/c1-13(2)33-19(29)14(3)25-36(31,35-15-8-6-5-7-9-15)32-12-16-18(28)22(4,23)20(34-16)26-11-10-17(27)24-21(26)30/h5-11,13-14,16,18,20,28H,12H2,1-4H3,(H,25,31)(H,24,27,30)/t14?,16-,18+,20-,22?,36?/m1/s1. The summed E-state index contributed by atoms with van der Waals surface area (Å²) in [4.78, 5) is 37.7. The number of carbonyl (C=O) groups excluding carboxylic acids is 1. The topological polar surface area (TPSA) is 158 Å². The zero-order valence-corrected chi connectivity index (χ0v) is 21.0. The number of carbonyl (C=O) groups is 1. The second kappa shape index (κ2) is 11.1. The Morgan fingerprint density at radius 2 is 1.94 bits per heavy atom. The van der Waals surface area contributed by atoms with E-state index in [4.69, 9.17) is 18.5 Å². The van der Waals surface area contributed by atoms with Crippen molar-refractivity contribution in [3.05, 3.63) is 63.4 Å². The van der Waals surface area contributed by atoms with Gasteiger partial charge in [-0.3, -0.25) is 23.7 Å². The van der Waals surface area contributed by atoms with Gasteiger partial charge in [-0.05, 0) is 39.8 Å². The number of nitrogens with one attached hydrogen (secondary N) is 2. The van der Waals surface area contributed by atoms with E-state index in [0.29, 0.717) is 0 Å². The summed E-state index contributed by atoms with van der Waals surface area (Å²) in [5.74, 6) is -0.560. The maximum Gasteiger partial charge on any atom is 0.459 e. The van der Waals surface area contributed by atoms with Crippen LogP contribution in [-0.2, 0) is 23.4 Å². The van der Waals surface area contributed by atoms with Gasteiger partial charge in [0.25, 0.3) is 5.56 Å². The zero-order chi connectivity index (χ0) is 26.7. The highest BCUT2D eigenvalue weighted by Gasteiger charge is 2.55. The third-order valence-electron chi connectivity index (χ3n) is 5.26. The van der Waals surface area contributed by atoms with Gasteiger partial charge in [-0.25, -0.2) is 13.8 Å². The van der Waals surface area contributed by atoms with E-state index in [1.165, 1.54) is 19.1 Å². The molecule has 0 aliphatic carbocycles. The van der Waals surface area contributed by atoms with Crippen LogP contribution in [0.5, 0.6) is 5.75 Å². The summed E-state index contributed by atoms with van der Waals surface area (Å²) in [5.41, 5.74) is -4.12. The molecule has 1 fully saturated rings. The number of aromatic nitrogens is 2. The van der Waals surface area contributed by atoms with E-state index in [9.17, 15) is 24.1 Å². The summed E-state index contributed by atoms with van der Waals surface area (Å²) in [5, 5.41) is 13.0. The number of benzene rings is 1. The molecular formula is C22H29FN3O9P. The van der Waals surface area contributed by atoms with Crippen LogP contribution >= 0.6 is 7.75 Å². The Hall–Kier alpha value is -2.83. The molecule has 14 heteroatoms. The first-order valence-corrected chi connectivity index (χ1v) is 12.7. The number of halogens is 1. The fourth-order valence-electron chi connectivity index (χ4n) is 3.47. The van der Waals surface area contributed by atoms with Crippen molar-refractivity contribution in [2.24, 2.45) is 0 Å². The van der Waals surface area contributed by atoms with Gasteiger partial charge in [-0.1, -0.05) is 18.2 Å². The molecular weight excluding hydrogens is 500 g/mol. The number of ether oxygens (including phenoxy) is 2. The van der Waals surface area contributed by atoms with Crippen LogP contribution in [0.1, 0.15) is 33.9 Å². The minimum absolute atomic E-state index is 0.152. The van der Waals surface area contributed by atoms with Crippen molar-refractivity contribution in [1.29, 1.82) is 0 Å². The minimum Gasteiger partial charge on any atom is -0.462 e. The van der Waals surface area contributed by atoms with Gasteiger partial charge in [0.05, 0.1) is 12.7 Å². The first-order chi connectivity index (χ1) is 16.8. The number of hydrogen-bond acceptors (Lipinski definition) is 9. The minimum atomic E-state index is -4.30. The summed E-state index contributed by atoms with van der Waals surface area (Å²) >= 11 is 0. The van der Waals surface area contributed by atoms with Crippen molar-refractivity contribution < 1.29 is 37.4 Å². The lowest BCUT2D eigenvalue weighted by atomic mass is 9.98. The third-order valence-corrected chi connectivity index (χ3v) is 6.90. The van der Waals surface area contributed by atoms with Crippen LogP contribution in [0.15, 0.2) is 52.2 Å². The Morgan fingerprint density at radius 3 is 2.56 bits per heavy atom. The number of H-pyrrole nitrogens is 1. The largest absolute Gasteiger partial charge is 0.462 e. The van der Waals surface area contributed by atoms with Crippen LogP contribution in [0.25, 0.3) is 0 Å². The van der Waals surface area contributed by atoms with Gasteiger partial charge in [0.2, 0.25) is 0 Å². The number of aliphatic hydroxyl groups is 1. The normalized spacial score (nSPS) is 26.4. The summed E-state index contributed by atoms with van der Waals surface area (Å²) in [6, 6.07) is 7.86. The molecule has 36 heavy (non-hydrogen) atoms. The lowest BCUT2D eigenvalue weighted by Crippen LogP contribution is -2.43. The van der Waals surface area contributed by atoms with Crippen molar-refractivity contribution in [3.8, 4) is 5.75 Å². The summed E-state index contributed by atoms with van der Waals surface area (Å²) in [6.07, 6.45) is -4.21. The van der Waals surface area contributed by atoms with E-state index in [0.717, 1.165) is 23.8 Å². The van der Waals surface area contributed by atoms with Crippen LogP contribution in [0.4, 0.5) is 4.39 Å². The van der Waals surface area contributed by atoms with E-state index < -0.39 is 67.8 Å². The number of rotatable bonds is 10. The molecule has 1 aliphatic rings. The molecule has 1 saturated heterocycles. The SMILES string of the molecule is CC(C)OC(=O)C(C)NP(=O)(OC[C@H]1O[C@@H](n2ccc(=O)[nH]c2=O)C(C)(F)[C@H]1O)Oc1ccccc1. The number of nitrogens with zero attached hydrogens (tertiary/aromatic N) is 1. The summed E-state index contributed by atoms with van der Waals surface area (Å²) < 4.78 is 51.4. The molecule has 1 aromatic carbocycles. The average molecular weight is 529 g/mol. The smallest absolute Gasteiger partial charge is 0.459 e. The fourth-order valence-corrected chi connectivity index (χ4v) is 4.97. The van der Waals surface area contributed by atoms with E-state index >= 15 is 4.39 Å². The molecule has 12 nitrogen and oxygen atoms in total. The van der Waals surface area contributed by atoms with E-state index in [1.807, 2.05) is 4.98 Å². The van der Waals surface area contributed by atoms with Gasteiger partial charge >= 0.3 is 19.4 Å². The number of aliphatic hydroxyl groups excluding tert-OH is 1. The van der Waals surface area contributed by atoms with Crippen molar-refractivity contribution >= 4 is 13.7 Å². The van der Waals surface area contributed by atoms with Crippen molar-refractivity contribution in [3.63, 3.8) is 0 Å². The van der Waals surface area contributed by atoms with Gasteiger partial charge in [-0.15, -0.1) is 0 Å². The molecule has 198 valence electrons. The predicted molar refractivity (Wildman–Crippen MR) is 125 cm³/mol. The van der Waals surface area contributed by atoms with Crippen LogP contribution in [-0.4, -0.2) is 57.3 Å². The number of para-hydroxylation sites is 1. The Bertz CT molecular complexity index is 1220. The predicted octanol–water partition coefficient (Wildman–Crippen LogP) is 1.66. The third kappa shape index (κ3) is 6.48. The molecule has 2 aromatic rings. The second-order valence-corrected chi connectivity index (χ2v) is 10.4. The van der Waals surface area contributed by atoms with Crippen LogP contribution in [0, 0.1) is 0 Å². The van der Waals surface area contributed by atoms with Gasteiger partial charge in [-0.2, -0.15) is 5.09 Å². The molecule has 3 unspecified atom stereocenters. The van der Waals surface area contributed by atoms with Crippen molar-refractivity contribution in [2.75, 3.05) is 6.61 Å². The van der Waals surface area contributed by atoms with Gasteiger partial charge < -0.3 is 19.1 Å². The lowest BCUT2D eigenvalue weighted by molar-refractivity contribution is -0.149. The van der Waals surface area contributed by atoms with Crippen molar-refractivity contribution in [2.45, 2.75) is 63.9 Å². The fraction of sp³-hybridized carbons (Fsp3) is 0.500. The zero-order valence-electron chi connectivity index (χ0n) is 20.1. The highest BCUT2D eigenvalue weighted by molar-refractivity contribution is 7.52. The number of alkyl halides is 1. The summed E-state index contributed by atoms with van der Waals surface area (Å²) in [7, 11) is -4.30. The van der Waals surface area contributed by atoms with Crippen LogP contribution < -0.4 is 20.9 Å². The first-order valence-electron chi connectivity index (χ1n) is 11.1. The van der Waals surface area contributed by atoms with Crippen LogP contribution in [0.2, 0.25) is 0 Å². The Labute approximate surface area is 205 Å². The molecule has 3 rings (SSSR count). The highest BCUT2D eigenvalue weighted by atomic mass is 31.2. The van der Waals surface area contributed by atoms with Crippen molar-refractivity contribution in [1.82, 2.24) is 14.6 Å². The molecule has 0 radical (unpaired) electrons. The molecule has 0 saturated carbocycles. The monoisotopic (exact) mass is 529 g/mol. The Morgan fingerprint density at radius 1 is 1.28 bits per heavy atom. The maximum atomic E-state index is 15.4. The molecule has 6 atom stereocenters. The molecule has 1 aromatic heterocycles. The Balaban J connectivity index is 1.80. The van der Waals surface area contributed by atoms with E-state index in [2.05, 4.69) is 5.09 Å². The molecule has 0 amide bonds. The quantitative estimate of drug-likeness (QED) is 0.305. The highest BCUT2D eigenvalue weighted by Crippen LogP contribution is 2.47. The summed E-state index contributed by atoms with van der Waals surface area (Å²) in [6.45, 7) is 5.07. The lowest BCUT2D eigenvalue weighted by Gasteiger charge is -2.25. The molecule has 0 bridgehead atoms. The van der Waals surface area contributed by atoms with Gasteiger partial charge in [0.1, 0.15) is 24.0 Å². The molecule has 0 spiro atoms. The van der Waals surface area contributed by atoms with Gasteiger partial charge in [0, 0.05) is 12.3 Å². The van der Waals surface area contributed by atoms with E-state index in [1.54, 1.807) is 32.0 Å². The second-order valence-electron chi connectivity index (χ2n) is 8.67. The number of aromatic amines is 1. The Kier molecular flexibility index (Phi) is 8.52. The molecule has 1 aliphatic heterocycles. The molecule has 2 heterocycles. The number of esters is 1. The van der Waals surface area contributed by atoms with Gasteiger partial charge in [0.15, 0.2) is 11.9 Å². The molecule has 3 N–H and O–H groups in total.